The number of rotatable bonds is 2. The van der Waals surface area contributed by atoms with Gasteiger partial charge in [-0.25, -0.2) is 9.37 Å². The Kier molecular flexibility index (Phi) is 3.58. The third kappa shape index (κ3) is 2.67. The number of anilines is 2. The van der Waals surface area contributed by atoms with E-state index in [2.05, 4.69) is 15.6 Å². The second kappa shape index (κ2) is 5.55. The average molecular weight is 299 g/mol. The van der Waals surface area contributed by atoms with E-state index < -0.39 is 11.7 Å². The maximum atomic E-state index is 13.3. The van der Waals surface area contributed by atoms with Gasteiger partial charge in [-0.3, -0.25) is 9.59 Å². The van der Waals surface area contributed by atoms with Gasteiger partial charge in [0.15, 0.2) is 0 Å². The summed E-state index contributed by atoms with van der Waals surface area (Å²) in [6.45, 7) is 1.83. The number of nitrogens with one attached hydrogen (secondary N) is 2. The van der Waals surface area contributed by atoms with E-state index >= 15 is 0 Å². The number of carbonyl (C=O) groups is 2. The molecule has 1 aromatic carbocycles. The molecule has 5 nitrogen and oxygen atoms in total. The van der Waals surface area contributed by atoms with Crippen molar-refractivity contribution >= 4 is 23.3 Å². The molecule has 2 amide bonds. The van der Waals surface area contributed by atoms with Crippen molar-refractivity contribution in [3.8, 4) is 0 Å². The molecule has 0 aliphatic carbocycles. The second-order valence-corrected chi connectivity index (χ2v) is 5.19. The molecule has 2 aromatic rings. The van der Waals surface area contributed by atoms with E-state index in [-0.39, 0.29) is 18.2 Å². The minimum absolute atomic E-state index is 0.0242. The topological polar surface area (TPSA) is 71.1 Å². The van der Waals surface area contributed by atoms with Crippen molar-refractivity contribution in [2.45, 2.75) is 19.3 Å². The Morgan fingerprint density at radius 3 is 3.00 bits per heavy atom. The van der Waals surface area contributed by atoms with Crippen LogP contribution in [0, 0.1) is 12.7 Å². The first-order valence-electron chi connectivity index (χ1n) is 6.86. The molecule has 1 aliphatic rings. The fourth-order valence-electron chi connectivity index (χ4n) is 2.49. The van der Waals surface area contributed by atoms with Crippen LogP contribution in [0.5, 0.6) is 0 Å². The summed E-state index contributed by atoms with van der Waals surface area (Å²) in [5.41, 5.74) is 1.77. The van der Waals surface area contributed by atoms with Crippen molar-refractivity contribution in [2.75, 3.05) is 10.6 Å². The zero-order valence-electron chi connectivity index (χ0n) is 11.9. The first kappa shape index (κ1) is 14.2. The van der Waals surface area contributed by atoms with Crippen molar-refractivity contribution in [3.63, 3.8) is 0 Å². The fraction of sp³-hybridized carbons (Fsp3) is 0.188. The number of aryl methyl sites for hydroxylation is 1. The van der Waals surface area contributed by atoms with Crippen molar-refractivity contribution < 1.29 is 14.0 Å². The van der Waals surface area contributed by atoms with Crippen LogP contribution in [0.4, 0.5) is 15.9 Å². The summed E-state index contributed by atoms with van der Waals surface area (Å²) < 4.78 is 13.3. The number of aromatic nitrogens is 1. The Balaban J connectivity index is 1.90. The second-order valence-electron chi connectivity index (χ2n) is 5.19. The highest BCUT2D eigenvalue weighted by Gasteiger charge is 2.31. The lowest BCUT2D eigenvalue weighted by Gasteiger charge is -2.24. The molecule has 112 valence electrons. The van der Waals surface area contributed by atoms with Crippen molar-refractivity contribution in [2.24, 2.45) is 0 Å². The van der Waals surface area contributed by atoms with Gasteiger partial charge >= 0.3 is 0 Å². The summed E-state index contributed by atoms with van der Waals surface area (Å²) in [4.78, 5) is 28.3. The third-order valence-corrected chi connectivity index (χ3v) is 3.62. The molecule has 0 bridgehead atoms. The molecule has 1 aliphatic heterocycles. The first-order chi connectivity index (χ1) is 10.5. The lowest BCUT2D eigenvalue weighted by Crippen LogP contribution is -2.31. The lowest BCUT2D eigenvalue weighted by molar-refractivity contribution is -0.123. The van der Waals surface area contributed by atoms with Crippen LogP contribution in [0.15, 0.2) is 36.5 Å². The van der Waals surface area contributed by atoms with Crippen molar-refractivity contribution in [1.82, 2.24) is 4.98 Å². The van der Waals surface area contributed by atoms with E-state index in [1.807, 2.05) is 13.0 Å². The number of carbonyl (C=O) groups excluding carboxylic acids is 2. The Labute approximate surface area is 126 Å². The molecule has 2 heterocycles. The summed E-state index contributed by atoms with van der Waals surface area (Å²) in [5, 5.41) is 5.32. The Hall–Kier alpha value is -2.76. The van der Waals surface area contributed by atoms with E-state index in [1.165, 1.54) is 18.2 Å². The molecular weight excluding hydrogens is 285 g/mol. The van der Waals surface area contributed by atoms with Crippen LogP contribution in [-0.2, 0) is 9.59 Å². The highest BCUT2D eigenvalue weighted by molar-refractivity contribution is 6.04. The Bertz CT molecular complexity index is 761. The zero-order chi connectivity index (χ0) is 15.7. The fourth-order valence-corrected chi connectivity index (χ4v) is 2.49. The lowest BCUT2D eigenvalue weighted by atomic mass is 9.89. The molecule has 1 unspecified atom stereocenters. The van der Waals surface area contributed by atoms with E-state index in [4.69, 9.17) is 0 Å². The van der Waals surface area contributed by atoms with E-state index in [1.54, 1.807) is 12.3 Å². The van der Waals surface area contributed by atoms with Gasteiger partial charge in [-0.1, -0.05) is 12.1 Å². The third-order valence-electron chi connectivity index (χ3n) is 3.62. The van der Waals surface area contributed by atoms with Crippen LogP contribution in [-0.4, -0.2) is 16.8 Å². The maximum Gasteiger partial charge on any atom is 0.233 e. The molecule has 0 spiro atoms. The summed E-state index contributed by atoms with van der Waals surface area (Å²) in [6.07, 6.45) is 1.61. The minimum Gasteiger partial charge on any atom is -0.326 e. The standard InChI is InChI=1S/C16H14FN3O2/c1-9-3-2-6-18-15(9)20-16(22)12-8-14(21)19-13-7-10(17)4-5-11(12)13/h2-7,12H,8H2,1H3,(H,19,21)(H,18,20,22). The molecule has 0 saturated carbocycles. The number of benzene rings is 1. The van der Waals surface area contributed by atoms with Gasteiger partial charge in [0, 0.05) is 18.3 Å². The molecule has 0 radical (unpaired) electrons. The van der Waals surface area contributed by atoms with E-state index in [9.17, 15) is 14.0 Å². The Morgan fingerprint density at radius 2 is 2.23 bits per heavy atom. The van der Waals surface area contributed by atoms with E-state index in [0.717, 1.165) is 5.56 Å². The number of nitrogens with zero attached hydrogens (tertiary/aromatic N) is 1. The largest absolute Gasteiger partial charge is 0.326 e. The van der Waals surface area contributed by atoms with Crippen LogP contribution in [0.1, 0.15) is 23.5 Å². The molecule has 0 saturated heterocycles. The van der Waals surface area contributed by atoms with E-state index in [0.29, 0.717) is 17.1 Å². The van der Waals surface area contributed by atoms with Crippen molar-refractivity contribution in [1.29, 1.82) is 0 Å². The summed E-state index contributed by atoms with van der Waals surface area (Å²) in [7, 11) is 0. The normalized spacial score (nSPS) is 16.6. The Morgan fingerprint density at radius 1 is 1.41 bits per heavy atom. The summed E-state index contributed by atoms with van der Waals surface area (Å²) in [5.74, 6) is -1.30. The number of fused-ring (bicyclic) bond motifs is 1. The first-order valence-corrected chi connectivity index (χ1v) is 6.86. The van der Waals surface area contributed by atoms with Gasteiger partial charge in [0.05, 0.1) is 5.92 Å². The minimum atomic E-state index is -0.661. The smallest absolute Gasteiger partial charge is 0.233 e. The van der Waals surface area contributed by atoms with Gasteiger partial charge < -0.3 is 10.6 Å². The van der Waals surface area contributed by atoms with Crippen molar-refractivity contribution in [3.05, 3.63) is 53.5 Å². The number of hydrogen-bond acceptors (Lipinski definition) is 3. The number of halogens is 1. The molecule has 0 fully saturated rings. The van der Waals surface area contributed by atoms with Gasteiger partial charge in [-0.15, -0.1) is 0 Å². The zero-order valence-corrected chi connectivity index (χ0v) is 11.9. The number of hydrogen-bond donors (Lipinski definition) is 2. The quantitative estimate of drug-likeness (QED) is 0.895. The SMILES string of the molecule is Cc1cccnc1NC(=O)C1CC(=O)Nc2cc(F)ccc21. The number of amides is 2. The molecular formula is C16H14FN3O2. The highest BCUT2D eigenvalue weighted by atomic mass is 19.1. The van der Waals surface area contributed by atoms with Gasteiger partial charge in [0.2, 0.25) is 11.8 Å². The van der Waals surface area contributed by atoms with Gasteiger partial charge in [0.1, 0.15) is 11.6 Å². The molecule has 3 rings (SSSR count). The van der Waals surface area contributed by atoms with Crippen LogP contribution in [0.3, 0.4) is 0 Å². The van der Waals surface area contributed by atoms with Crippen LogP contribution in [0.25, 0.3) is 0 Å². The van der Waals surface area contributed by atoms with Crippen LogP contribution < -0.4 is 10.6 Å². The maximum absolute atomic E-state index is 13.3. The predicted octanol–water partition coefficient (Wildman–Crippen LogP) is 2.59. The molecule has 2 N–H and O–H groups in total. The molecule has 6 heteroatoms. The summed E-state index contributed by atoms with van der Waals surface area (Å²) >= 11 is 0. The molecule has 22 heavy (non-hydrogen) atoms. The van der Waals surface area contributed by atoms with Gasteiger partial charge in [0.25, 0.3) is 0 Å². The van der Waals surface area contributed by atoms with Gasteiger partial charge in [-0.2, -0.15) is 0 Å². The monoisotopic (exact) mass is 299 g/mol. The number of pyridine rings is 1. The van der Waals surface area contributed by atoms with Crippen LogP contribution >= 0.6 is 0 Å². The van der Waals surface area contributed by atoms with Crippen LogP contribution in [0.2, 0.25) is 0 Å². The predicted molar refractivity (Wildman–Crippen MR) is 80.0 cm³/mol. The molecule has 1 aromatic heterocycles. The molecule has 1 atom stereocenters. The van der Waals surface area contributed by atoms with Gasteiger partial charge in [-0.05, 0) is 36.2 Å². The highest BCUT2D eigenvalue weighted by Crippen LogP contribution is 2.33. The average Bonchev–Trinajstić information content (AvgIpc) is 2.48. The summed E-state index contributed by atoms with van der Waals surface area (Å²) in [6, 6.07) is 7.64.